The molecule has 11 heteroatoms. The van der Waals surface area contributed by atoms with Crippen molar-refractivity contribution in [1.29, 1.82) is 0 Å². The number of alkyl halides is 3. The van der Waals surface area contributed by atoms with Crippen molar-refractivity contribution in [2.45, 2.75) is 17.5 Å². The normalized spacial score (nSPS) is 11.8. The van der Waals surface area contributed by atoms with E-state index in [1.807, 2.05) is 0 Å². The number of carbonyl (C=O) groups excluding carboxylic acids is 1. The Balaban J connectivity index is 2.03. The third-order valence-electron chi connectivity index (χ3n) is 3.76. The van der Waals surface area contributed by atoms with Gasteiger partial charge in [0, 0.05) is 17.3 Å². The van der Waals surface area contributed by atoms with Gasteiger partial charge < -0.3 is 14.8 Å². The molecule has 2 aromatic carbocycles. The molecule has 0 saturated heterocycles. The summed E-state index contributed by atoms with van der Waals surface area (Å²) in [6.45, 7) is -1.67. The molecule has 2 aromatic rings. The average molecular weight is 432 g/mol. The predicted molar refractivity (Wildman–Crippen MR) is 99.6 cm³/mol. The number of ether oxygens (including phenoxy) is 2. The van der Waals surface area contributed by atoms with Crippen LogP contribution in [0.3, 0.4) is 0 Å². The third kappa shape index (κ3) is 6.64. The summed E-state index contributed by atoms with van der Waals surface area (Å²) >= 11 is 0. The van der Waals surface area contributed by atoms with Crippen LogP contribution in [0.2, 0.25) is 0 Å². The van der Waals surface area contributed by atoms with Gasteiger partial charge in [-0.25, -0.2) is 13.1 Å². The van der Waals surface area contributed by atoms with Gasteiger partial charge in [0.15, 0.2) is 0 Å². The van der Waals surface area contributed by atoms with Crippen molar-refractivity contribution in [3.05, 3.63) is 48.0 Å². The summed E-state index contributed by atoms with van der Waals surface area (Å²) in [5.74, 6) is 0.651. The minimum atomic E-state index is -4.66. The van der Waals surface area contributed by atoms with Crippen molar-refractivity contribution in [3.63, 3.8) is 0 Å². The van der Waals surface area contributed by atoms with Crippen molar-refractivity contribution in [3.8, 4) is 11.5 Å². The van der Waals surface area contributed by atoms with Gasteiger partial charge in [-0.2, -0.15) is 13.2 Å². The lowest BCUT2D eigenvalue weighted by molar-refractivity contribution is -0.121. The highest BCUT2D eigenvalue weighted by Crippen LogP contribution is 2.25. The second-order valence-corrected chi connectivity index (χ2v) is 7.63. The number of carbonyl (C=O) groups is 1. The fourth-order valence-electron chi connectivity index (χ4n) is 2.35. The number of halogens is 3. The maximum Gasteiger partial charge on any atom is 0.402 e. The van der Waals surface area contributed by atoms with Gasteiger partial charge in [-0.15, -0.1) is 0 Å². The molecular formula is C18H19F3N2O5S. The number of sulfonamides is 1. The zero-order chi connectivity index (χ0) is 21.7. The van der Waals surface area contributed by atoms with Crippen LogP contribution in [0.15, 0.2) is 47.4 Å². The molecule has 0 fully saturated rings. The van der Waals surface area contributed by atoms with Crippen LogP contribution in [0, 0.1) is 0 Å². The first kappa shape index (κ1) is 22.5. The van der Waals surface area contributed by atoms with E-state index in [-0.39, 0.29) is 22.9 Å². The Labute approximate surface area is 165 Å². The molecule has 0 heterocycles. The first-order valence-corrected chi connectivity index (χ1v) is 9.69. The van der Waals surface area contributed by atoms with E-state index in [1.165, 1.54) is 31.1 Å². The quantitative estimate of drug-likeness (QED) is 0.669. The smallest absolute Gasteiger partial charge is 0.402 e. The van der Waals surface area contributed by atoms with Crippen molar-refractivity contribution >= 4 is 21.6 Å². The van der Waals surface area contributed by atoms with Crippen LogP contribution >= 0.6 is 0 Å². The molecule has 0 aliphatic carbocycles. The van der Waals surface area contributed by atoms with E-state index >= 15 is 0 Å². The van der Waals surface area contributed by atoms with E-state index in [0.717, 1.165) is 12.1 Å². The molecule has 1 amide bonds. The molecule has 0 radical (unpaired) electrons. The maximum absolute atomic E-state index is 12.2. The van der Waals surface area contributed by atoms with E-state index in [4.69, 9.17) is 9.47 Å². The van der Waals surface area contributed by atoms with Crippen molar-refractivity contribution in [2.24, 2.45) is 0 Å². The predicted octanol–water partition coefficient (Wildman–Crippen LogP) is 2.73. The Morgan fingerprint density at radius 1 is 1.03 bits per heavy atom. The lowest BCUT2D eigenvalue weighted by Crippen LogP contribution is -2.33. The molecule has 0 aliphatic heterocycles. The van der Waals surface area contributed by atoms with Crippen molar-refractivity contribution in [1.82, 2.24) is 4.72 Å². The van der Waals surface area contributed by atoms with Crippen LogP contribution in [0.25, 0.3) is 0 Å². The summed E-state index contributed by atoms with van der Waals surface area (Å²) in [6.07, 6.45) is -4.68. The van der Waals surface area contributed by atoms with Crippen molar-refractivity contribution in [2.75, 3.05) is 26.1 Å². The number of hydrogen-bond donors (Lipinski definition) is 2. The van der Waals surface area contributed by atoms with Gasteiger partial charge in [-0.05, 0) is 30.3 Å². The van der Waals surface area contributed by atoms with E-state index in [0.29, 0.717) is 17.1 Å². The number of methoxy groups -OCH3 is 2. The topological polar surface area (TPSA) is 93.7 Å². The summed E-state index contributed by atoms with van der Waals surface area (Å²) < 4.78 is 72.1. The molecule has 0 bridgehead atoms. The number of anilines is 1. The molecule has 29 heavy (non-hydrogen) atoms. The second-order valence-electron chi connectivity index (χ2n) is 5.87. The monoisotopic (exact) mass is 432 g/mol. The average Bonchev–Trinajstić information content (AvgIpc) is 2.66. The Bertz CT molecular complexity index is 960. The molecule has 158 valence electrons. The fourth-order valence-corrected chi connectivity index (χ4v) is 3.37. The molecule has 0 atom stereocenters. The Morgan fingerprint density at radius 2 is 1.69 bits per heavy atom. The Hall–Kier alpha value is -2.79. The third-order valence-corrected chi connectivity index (χ3v) is 5.17. The highest BCUT2D eigenvalue weighted by Gasteiger charge is 2.30. The summed E-state index contributed by atoms with van der Waals surface area (Å²) in [5.41, 5.74) is 0.901. The van der Waals surface area contributed by atoms with E-state index in [1.54, 1.807) is 18.2 Å². The molecule has 0 aromatic heterocycles. The molecule has 2 rings (SSSR count). The van der Waals surface area contributed by atoms with Crippen LogP contribution in [0.5, 0.6) is 11.5 Å². The first-order chi connectivity index (χ1) is 13.5. The number of rotatable bonds is 8. The van der Waals surface area contributed by atoms with Gasteiger partial charge in [0.05, 0.1) is 25.5 Å². The maximum atomic E-state index is 12.2. The molecule has 2 N–H and O–H groups in total. The standard InChI is InChI=1S/C18H19F3N2O5S/c1-27-14-6-3-12(16(10-14)28-2)9-17(24)23-13-4-7-15(8-5-13)29(25,26)22-11-18(19,20)21/h3-8,10,22H,9,11H2,1-2H3,(H,23,24). The van der Waals surface area contributed by atoms with Gasteiger partial charge in [-0.3, -0.25) is 4.79 Å². The van der Waals surface area contributed by atoms with E-state index in [2.05, 4.69) is 5.32 Å². The number of nitrogens with one attached hydrogen (secondary N) is 2. The van der Waals surface area contributed by atoms with Crippen LogP contribution in [0.1, 0.15) is 5.56 Å². The molecule has 0 unspecified atom stereocenters. The van der Waals surface area contributed by atoms with Gasteiger partial charge in [0.2, 0.25) is 15.9 Å². The second kappa shape index (κ2) is 9.14. The van der Waals surface area contributed by atoms with Crippen LogP contribution in [-0.2, 0) is 21.2 Å². The van der Waals surface area contributed by atoms with Crippen LogP contribution in [0.4, 0.5) is 18.9 Å². The molecule has 0 saturated carbocycles. The first-order valence-electron chi connectivity index (χ1n) is 8.21. The SMILES string of the molecule is COc1ccc(CC(=O)Nc2ccc(S(=O)(=O)NCC(F)(F)F)cc2)c(OC)c1. The molecular weight excluding hydrogens is 413 g/mol. The zero-order valence-corrected chi connectivity index (χ0v) is 16.4. The lowest BCUT2D eigenvalue weighted by atomic mass is 10.1. The zero-order valence-electron chi connectivity index (χ0n) is 15.5. The highest BCUT2D eigenvalue weighted by atomic mass is 32.2. The van der Waals surface area contributed by atoms with Crippen LogP contribution < -0.4 is 19.5 Å². The van der Waals surface area contributed by atoms with E-state index in [9.17, 15) is 26.4 Å². The van der Waals surface area contributed by atoms with Gasteiger partial charge >= 0.3 is 6.18 Å². The lowest BCUT2D eigenvalue weighted by Gasteiger charge is -2.12. The summed E-state index contributed by atoms with van der Waals surface area (Å²) in [6, 6.07) is 9.76. The Morgan fingerprint density at radius 3 is 2.24 bits per heavy atom. The molecule has 7 nitrogen and oxygen atoms in total. The fraction of sp³-hybridized carbons (Fsp3) is 0.278. The summed E-state index contributed by atoms with van der Waals surface area (Å²) in [7, 11) is -1.35. The minimum absolute atomic E-state index is 0.0135. The number of hydrogen-bond acceptors (Lipinski definition) is 5. The molecule has 0 spiro atoms. The number of benzene rings is 2. The Kier molecular flexibility index (Phi) is 7.09. The largest absolute Gasteiger partial charge is 0.497 e. The summed E-state index contributed by atoms with van der Waals surface area (Å²) in [5, 5.41) is 2.58. The van der Waals surface area contributed by atoms with Crippen LogP contribution in [-0.4, -0.2) is 41.3 Å². The summed E-state index contributed by atoms with van der Waals surface area (Å²) in [4.78, 5) is 11.9. The van der Waals surface area contributed by atoms with E-state index < -0.39 is 22.7 Å². The van der Waals surface area contributed by atoms with Gasteiger partial charge in [0.1, 0.15) is 18.0 Å². The number of amides is 1. The van der Waals surface area contributed by atoms with Gasteiger partial charge in [-0.1, -0.05) is 6.07 Å². The van der Waals surface area contributed by atoms with Crippen molar-refractivity contribution < 1.29 is 35.9 Å². The minimum Gasteiger partial charge on any atom is -0.497 e. The molecule has 0 aliphatic rings. The van der Waals surface area contributed by atoms with Gasteiger partial charge in [0.25, 0.3) is 0 Å². The highest BCUT2D eigenvalue weighted by molar-refractivity contribution is 7.89.